The quantitative estimate of drug-likeness (QED) is 0.861. The van der Waals surface area contributed by atoms with Crippen LogP contribution in [0, 0.1) is 0 Å². The van der Waals surface area contributed by atoms with Gasteiger partial charge < -0.3 is 5.32 Å². The van der Waals surface area contributed by atoms with Gasteiger partial charge in [-0.05, 0) is 27.2 Å². The van der Waals surface area contributed by atoms with E-state index in [9.17, 15) is 0 Å². The number of nitrogens with one attached hydrogen (secondary N) is 1. The van der Waals surface area contributed by atoms with Gasteiger partial charge in [-0.3, -0.25) is 0 Å². The van der Waals surface area contributed by atoms with E-state index in [0.717, 1.165) is 24.4 Å². The summed E-state index contributed by atoms with van der Waals surface area (Å²) in [6.07, 6.45) is 2.11. The maximum absolute atomic E-state index is 4.24. The summed E-state index contributed by atoms with van der Waals surface area (Å²) in [4.78, 5) is 0. The fourth-order valence-corrected chi connectivity index (χ4v) is 2.26. The predicted molar refractivity (Wildman–Crippen MR) is 70.1 cm³/mol. The minimum atomic E-state index is 0.185. The highest BCUT2D eigenvalue weighted by atomic mass is 32.1. The molecule has 4 heteroatoms. The molecule has 0 aliphatic rings. The zero-order valence-electron chi connectivity index (χ0n) is 11.0. The van der Waals surface area contributed by atoms with Crippen molar-refractivity contribution in [3.05, 3.63) is 10.0 Å². The molecule has 0 bridgehead atoms. The van der Waals surface area contributed by atoms with Gasteiger partial charge in [-0.25, -0.2) is 0 Å². The topological polar surface area (TPSA) is 37.8 Å². The fourth-order valence-electron chi connectivity index (χ4n) is 1.29. The second-order valence-corrected chi connectivity index (χ2v) is 6.36. The van der Waals surface area contributed by atoms with Crippen LogP contribution >= 0.6 is 11.3 Å². The molecule has 0 spiro atoms. The van der Waals surface area contributed by atoms with E-state index < -0.39 is 0 Å². The molecule has 0 saturated carbocycles. The molecule has 0 fully saturated rings. The lowest BCUT2D eigenvalue weighted by Gasteiger charge is -2.19. The van der Waals surface area contributed by atoms with Gasteiger partial charge in [0.1, 0.15) is 10.0 Å². The zero-order valence-corrected chi connectivity index (χ0v) is 11.8. The van der Waals surface area contributed by atoms with Crippen molar-refractivity contribution < 1.29 is 0 Å². The molecule has 0 aliphatic carbocycles. The Hall–Kier alpha value is -0.480. The van der Waals surface area contributed by atoms with Gasteiger partial charge in [-0.15, -0.1) is 21.5 Å². The second kappa shape index (κ2) is 5.73. The molecule has 1 unspecified atom stereocenters. The molecule has 1 rings (SSSR count). The van der Waals surface area contributed by atoms with Gasteiger partial charge in [-0.1, -0.05) is 13.8 Å². The van der Waals surface area contributed by atoms with Gasteiger partial charge in [0, 0.05) is 24.4 Å². The third kappa shape index (κ3) is 4.58. The summed E-state index contributed by atoms with van der Waals surface area (Å²) in [6, 6.07) is 0. The lowest BCUT2D eigenvalue weighted by atomic mass is 10.1. The number of rotatable bonds is 5. The lowest BCUT2D eigenvalue weighted by molar-refractivity contribution is 0.429. The van der Waals surface area contributed by atoms with Crippen molar-refractivity contribution in [2.75, 3.05) is 6.54 Å². The Kier molecular flexibility index (Phi) is 4.87. The normalized spacial score (nSPS) is 14.1. The van der Waals surface area contributed by atoms with Crippen LogP contribution in [-0.4, -0.2) is 22.3 Å². The van der Waals surface area contributed by atoms with E-state index >= 15 is 0 Å². The Morgan fingerprint density at radius 3 is 2.56 bits per heavy atom. The molecule has 0 radical (unpaired) electrons. The van der Waals surface area contributed by atoms with Crippen molar-refractivity contribution in [3.63, 3.8) is 0 Å². The van der Waals surface area contributed by atoms with Crippen molar-refractivity contribution in [3.8, 4) is 0 Å². The van der Waals surface area contributed by atoms with Crippen molar-refractivity contribution in [2.24, 2.45) is 0 Å². The highest BCUT2D eigenvalue weighted by Gasteiger charge is 2.11. The van der Waals surface area contributed by atoms with E-state index in [2.05, 4.69) is 50.1 Å². The van der Waals surface area contributed by atoms with E-state index in [4.69, 9.17) is 0 Å². The SMILES string of the molecule is CCC(C)c1nnc(CCNC(C)(C)C)s1. The van der Waals surface area contributed by atoms with Crippen LogP contribution in [-0.2, 0) is 6.42 Å². The van der Waals surface area contributed by atoms with Crippen molar-refractivity contribution >= 4 is 11.3 Å². The summed E-state index contributed by atoms with van der Waals surface area (Å²) in [5.74, 6) is 0.543. The van der Waals surface area contributed by atoms with Crippen LogP contribution in [0.1, 0.15) is 57.0 Å². The Bertz CT molecular complexity index is 314. The van der Waals surface area contributed by atoms with Crippen LogP contribution in [0.3, 0.4) is 0 Å². The first-order chi connectivity index (χ1) is 7.42. The molecule has 1 heterocycles. The summed E-state index contributed by atoms with van der Waals surface area (Å²) in [5.41, 5.74) is 0.185. The molecule has 1 N–H and O–H groups in total. The summed E-state index contributed by atoms with van der Waals surface area (Å²) in [5, 5.41) is 14.3. The number of hydrogen-bond acceptors (Lipinski definition) is 4. The largest absolute Gasteiger partial charge is 0.312 e. The summed E-state index contributed by atoms with van der Waals surface area (Å²) < 4.78 is 0. The molecule has 0 aliphatic heterocycles. The van der Waals surface area contributed by atoms with Gasteiger partial charge in [-0.2, -0.15) is 0 Å². The first kappa shape index (κ1) is 13.6. The van der Waals surface area contributed by atoms with Crippen LogP contribution in [0.4, 0.5) is 0 Å². The minimum absolute atomic E-state index is 0.185. The molecular formula is C12H23N3S. The van der Waals surface area contributed by atoms with Crippen LogP contribution in [0.2, 0.25) is 0 Å². The Morgan fingerprint density at radius 2 is 2.00 bits per heavy atom. The molecule has 1 aromatic rings. The summed E-state index contributed by atoms with van der Waals surface area (Å²) in [7, 11) is 0. The van der Waals surface area contributed by atoms with E-state index in [0.29, 0.717) is 5.92 Å². The first-order valence-electron chi connectivity index (χ1n) is 5.99. The van der Waals surface area contributed by atoms with Gasteiger partial charge in [0.2, 0.25) is 0 Å². The van der Waals surface area contributed by atoms with E-state index in [-0.39, 0.29) is 5.54 Å². The second-order valence-electron chi connectivity index (χ2n) is 5.27. The van der Waals surface area contributed by atoms with Gasteiger partial charge in [0.15, 0.2) is 0 Å². The van der Waals surface area contributed by atoms with Gasteiger partial charge >= 0.3 is 0 Å². The molecule has 0 amide bonds. The summed E-state index contributed by atoms with van der Waals surface area (Å²) >= 11 is 1.75. The van der Waals surface area contributed by atoms with E-state index in [1.807, 2.05) is 0 Å². The zero-order chi connectivity index (χ0) is 12.2. The smallest absolute Gasteiger partial charge is 0.120 e. The molecule has 0 aromatic carbocycles. The predicted octanol–water partition coefficient (Wildman–Crippen LogP) is 2.98. The molecular weight excluding hydrogens is 218 g/mol. The van der Waals surface area contributed by atoms with Crippen LogP contribution < -0.4 is 5.32 Å². The highest BCUT2D eigenvalue weighted by molar-refractivity contribution is 7.11. The highest BCUT2D eigenvalue weighted by Crippen LogP contribution is 2.22. The van der Waals surface area contributed by atoms with Crippen LogP contribution in [0.5, 0.6) is 0 Å². The molecule has 1 atom stereocenters. The van der Waals surface area contributed by atoms with Crippen LogP contribution in [0.15, 0.2) is 0 Å². The van der Waals surface area contributed by atoms with Crippen molar-refractivity contribution in [2.45, 2.75) is 58.9 Å². The van der Waals surface area contributed by atoms with Crippen molar-refractivity contribution in [1.82, 2.24) is 15.5 Å². The molecule has 0 saturated heterocycles. The number of nitrogens with zero attached hydrogens (tertiary/aromatic N) is 2. The average molecular weight is 241 g/mol. The number of aromatic nitrogens is 2. The van der Waals surface area contributed by atoms with E-state index in [1.54, 1.807) is 11.3 Å². The Balaban J connectivity index is 2.41. The van der Waals surface area contributed by atoms with Crippen molar-refractivity contribution in [1.29, 1.82) is 0 Å². The minimum Gasteiger partial charge on any atom is -0.312 e. The molecule has 1 aromatic heterocycles. The lowest BCUT2D eigenvalue weighted by Crippen LogP contribution is -2.37. The fraction of sp³-hybridized carbons (Fsp3) is 0.833. The van der Waals surface area contributed by atoms with E-state index in [1.165, 1.54) is 5.01 Å². The standard InChI is InChI=1S/C12H23N3S/c1-6-9(2)11-15-14-10(16-11)7-8-13-12(3,4)5/h9,13H,6-8H2,1-5H3. The van der Waals surface area contributed by atoms with Gasteiger partial charge in [0.05, 0.1) is 0 Å². The average Bonchev–Trinajstić information content (AvgIpc) is 2.63. The third-order valence-electron chi connectivity index (χ3n) is 2.51. The Morgan fingerprint density at radius 1 is 1.31 bits per heavy atom. The third-order valence-corrected chi connectivity index (χ3v) is 3.73. The number of hydrogen-bond donors (Lipinski definition) is 1. The molecule has 92 valence electrons. The van der Waals surface area contributed by atoms with Gasteiger partial charge in [0.25, 0.3) is 0 Å². The molecule has 3 nitrogen and oxygen atoms in total. The first-order valence-corrected chi connectivity index (χ1v) is 6.81. The Labute approximate surface area is 103 Å². The summed E-state index contributed by atoms with van der Waals surface area (Å²) in [6.45, 7) is 11.9. The maximum atomic E-state index is 4.24. The molecule has 16 heavy (non-hydrogen) atoms. The van der Waals surface area contributed by atoms with Crippen LogP contribution in [0.25, 0.3) is 0 Å². The monoisotopic (exact) mass is 241 g/mol. The maximum Gasteiger partial charge on any atom is 0.120 e.